The molecule has 2 heterocycles. The smallest absolute Gasteiger partial charge is 0.310 e. The number of hydrogen-bond acceptors (Lipinski definition) is 4. The lowest BCUT2D eigenvalue weighted by molar-refractivity contribution is -0.146. The van der Waals surface area contributed by atoms with Gasteiger partial charge in [0.1, 0.15) is 0 Å². The van der Waals surface area contributed by atoms with Crippen molar-refractivity contribution in [1.29, 1.82) is 0 Å². The van der Waals surface area contributed by atoms with Gasteiger partial charge < -0.3 is 19.9 Å². The number of ether oxygens (including phenoxy) is 1. The molecule has 0 radical (unpaired) electrons. The summed E-state index contributed by atoms with van der Waals surface area (Å²) in [5, 5.41) is 3.27. The van der Waals surface area contributed by atoms with Crippen LogP contribution < -0.4 is 5.32 Å². The quantitative estimate of drug-likeness (QED) is 0.466. The Labute approximate surface area is 150 Å². The van der Waals surface area contributed by atoms with Crippen LogP contribution in [0.15, 0.2) is 4.99 Å². The lowest BCUT2D eigenvalue weighted by Gasteiger charge is -2.33. The first kappa shape index (κ1) is 19.5. The molecule has 2 aliphatic rings. The maximum Gasteiger partial charge on any atom is 0.310 e. The predicted molar refractivity (Wildman–Crippen MR) is 97.2 cm³/mol. The molecule has 0 aromatic carbocycles. The highest BCUT2D eigenvalue weighted by Crippen LogP contribution is 2.24. The van der Waals surface area contributed by atoms with Crippen LogP contribution in [0.2, 0.25) is 0 Å². The summed E-state index contributed by atoms with van der Waals surface area (Å²) < 4.78 is 4.88. The van der Waals surface area contributed by atoms with E-state index in [0.717, 1.165) is 31.9 Å². The van der Waals surface area contributed by atoms with E-state index in [1.54, 1.807) is 7.05 Å². The molecule has 2 aliphatic heterocycles. The molecule has 0 aromatic rings. The molecule has 2 fully saturated rings. The second-order valence-corrected chi connectivity index (χ2v) is 7.17. The van der Waals surface area contributed by atoms with E-state index in [-0.39, 0.29) is 23.7 Å². The third kappa shape index (κ3) is 4.86. The zero-order valence-corrected chi connectivity index (χ0v) is 16.0. The zero-order valence-electron chi connectivity index (χ0n) is 16.0. The SMILES string of the molecule is CN=C(NCCC(=O)N1CCCCC1C)N1CC(C)C(C(=O)OC)C1. The Morgan fingerprint density at radius 3 is 2.64 bits per heavy atom. The van der Waals surface area contributed by atoms with Crippen LogP contribution in [0.5, 0.6) is 0 Å². The van der Waals surface area contributed by atoms with Crippen molar-refractivity contribution in [2.45, 2.75) is 45.6 Å². The number of likely N-dealkylation sites (tertiary alicyclic amines) is 2. The topological polar surface area (TPSA) is 74.2 Å². The van der Waals surface area contributed by atoms with Gasteiger partial charge in [0.25, 0.3) is 0 Å². The summed E-state index contributed by atoms with van der Waals surface area (Å²) in [6, 6.07) is 0.348. The molecule has 0 saturated carbocycles. The molecule has 2 saturated heterocycles. The Morgan fingerprint density at radius 2 is 2.00 bits per heavy atom. The van der Waals surface area contributed by atoms with Gasteiger partial charge in [0.15, 0.2) is 5.96 Å². The van der Waals surface area contributed by atoms with Gasteiger partial charge in [0.2, 0.25) is 5.91 Å². The van der Waals surface area contributed by atoms with E-state index < -0.39 is 0 Å². The van der Waals surface area contributed by atoms with E-state index in [9.17, 15) is 9.59 Å². The zero-order chi connectivity index (χ0) is 18.4. The molecule has 0 spiro atoms. The number of carbonyl (C=O) groups is 2. The monoisotopic (exact) mass is 352 g/mol. The molecule has 3 atom stereocenters. The van der Waals surface area contributed by atoms with Crippen LogP contribution in [0.25, 0.3) is 0 Å². The number of esters is 1. The highest BCUT2D eigenvalue weighted by molar-refractivity contribution is 5.83. The van der Waals surface area contributed by atoms with Gasteiger partial charge in [-0.2, -0.15) is 0 Å². The number of hydrogen-bond donors (Lipinski definition) is 1. The minimum absolute atomic E-state index is 0.126. The van der Waals surface area contributed by atoms with Crippen molar-refractivity contribution in [3.8, 4) is 0 Å². The largest absolute Gasteiger partial charge is 0.469 e. The third-order valence-electron chi connectivity index (χ3n) is 5.37. The Kier molecular flexibility index (Phi) is 7.08. The predicted octanol–water partition coefficient (Wildman–Crippen LogP) is 1.09. The van der Waals surface area contributed by atoms with E-state index in [2.05, 4.69) is 29.1 Å². The maximum absolute atomic E-state index is 12.4. The summed E-state index contributed by atoms with van der Waals surface area (Å²) in [5.74, 6) is 0.885. The molecule has 0 aliphatic carbocycles. The first-order chi connectivity index (χ1) is 12.0. The molecule has 7 heteroatoms. The van der Waals surface area contributed by atoms with Crippen molar-refractivity contribution in [2.24, 2.45) is 16.8 Å². The summed E-state index contributed by atoms with van der Waals surface area (Å²) in [6.07, 6.45) is 3.88. The number of piperidine rings is 1. The van der Waals surface area contributed by atoms with Gasteiger partial charge >= 0.3 is 5.97 Å². The number of methoxy groups -OCH3 is 1. The van der Waals surface area contributed by atoms with Gasteiger partial charge in [0.05, 0.1) is 13.0 Å². The molecule has 25 heavy (non-hydrogen) atoms. The number of guanidine groups is 1. The summed E-state index contributed by atoms with van der Waals surface area (Å²) in [4.78, 5) is 32.6. The highest BCUT2D eigenvalue weighted by atomic mass is 16.5. The Bertz CT molecular complexity index is 509. The Hall–Kier alpha value is -1.79. The first-order valence-corrected chi connectivity index (χ1v) is 9.30. The van der Waals surface area contributed by atoms with Crippen molar-refractivity contribution in [3.05, 3.63) is 0 Å². The molecule has 0 bridgehead atoms. The van der Waals surface area contributed by atoms with Gasteiger partial charge in [-0.05, 0) is 32.1 Å². The summed E-state index contributed by atoms with van der Waals surface area (Å²) >= 11 is 0. The highest BCUT2D eigenvalue weighted by Gasteiger charge is 2.36. The van der Waals surface area contributed by atoms with Crippen LogP contribution in [0.3, 0.4) is 0 Å². The number of carbonyl (C=O) groups excluding carboxylic acids is 2. The van der Waals surface area contributed by atoms with Gasteiger partial charge in [-0.3, -0.25) is 14.6 Å². The Morgan fingerprint density at radius 1 is 1.24 bits per heavy atom. The minimum atomic E-state index is -0.167. The average Bonchev–Trinajstić information content (AvgIpc) is 2.99. The van der Waals surface area contributed by atoms with Crippen molar-refractivity contribution in [2.75, 3.05) is 40.3 Å². The van der Waals surface area contributed by atoms with Crippen molar-refractivity contribution < 1.29 is 14.3 Å². The van der Waals surface area contributed by atoms with Crippen molar-refractivity contribution >= 4 is 17.8 Å². The van der Waals surface area contributed by atoms with E-state index in [1.807, 2.05) is 4.90 Å². The third-order valence-corrected chi connectivity index (χ3v) is 5.37. The van der Waals surface area contributed by atoms with Crippen molar-refractivity contribution in [3.63, 3.8) is 0 Å². The number of amides is 1. The molecule has 2 rings (SSSR count). The van der Waals surface area contributed by atoms with Crippen LogP contribution in [0.1, 0.15) is 39.5 Å². The fourth-order valence-electron chi connectivity index (χ4n) is 3.82. The van der Waals surface area contributed by atoms with Crippen LogP contribution >= 0.6 is 0 Å². The fraction of sp³-hybridized carbons (Fsp3) is 0.833. The molecule has 142 valence electrons. The molecule has 7 nitrogen and oxygen atoms in total. The van der Waals surface area contributed by atoms with Gasteiger partial charge in [-0.25, -0.2) is 0 Å². The van der Waals surface area contributed by atoms with Gasteiger partial charge in [0, 0.05) is 45.7 Å². The second-order valence-electron chi connectivity index (χ2n) is 7.17. The number of rotatable bonds is 4. The van der Waals surface area contributed by atoms with E-state index in [4.69, 9.17) is 4.74 Å². The van der Waals surface area contributed by atoms with Crippen LogP contribution in [0.4, 0.5) is 0 Å². The second kappa shape index (κ2) is 9.06. The normalized spacial score (nSPS) is 27.4. The first-order valence-electron chi connectivity index (χ1n) is 9.30. The maximum atomic E-state index is 12.4. The molecule has 0 aromatic heterocycles. The lowest BCUT2D eigenvalue weighted by atomic mass is 9.99. The Balaban J connectivity index is 1.81. The van der Waals surface area contributed by atoms with Crippen LogP contribution in [-0.4, -0.2) is 74.0 Å². The van der Waals surface area contributed by atoms with Gasteiger partial charge in [-0.1, -0.05) is 6.92 Å². The number of nitrogens with one attached hydrogen (secondary N) is 1. The fourth-order valence-corrected chi connectivity index (χ4v) is 3.82. The molecule has 1 amide bonds. The van der Waals surface area contributed by atoms with Crippen LogP contribution in [-0.2, 0) is 14.3 Å². The van der Waals surface area contributed by atoms with E-state index >= 15 is 0 Å². The molecular formula is C18H32N4O3. The number of aliphatic imine (C=N–C) groups is 1. The van der Waals surface area contributed by atoms with E-state index in [0.29, 0.717) is 25.6 Å². The molecule has 1 N–H and O–H groups in total. The minimum Gasteiger partial charge on any atom is -0.469 e. The summed E-state index contributed by atoms with van der Waals surface area (Å²) in [7, 11) is 3.16. The van der Waals surface area contributed by atoms with Crippen molar-refractivity contribution in [1.82, 2.24) is 15.1 Å². The number of nitrogens with zero attached hydrogens (tertiary/aromatic N) is 3. The standard InChI is InChI=1S/C18H32N4O3/c1-13-11-21(12-15(13)17(24)25-4)18(19-3)20-9-8-16(23)22-10-6-5-7-14(22)2/h13-15H,5-12H2,1-4H3,(H,19,20). The van der Waals surface area contributed by atoms with E-state index in [1.165, 1.54) is 13.5 Å². The van der Waals surface area contributed by atoms with Gasteiger partial charge in [-0.15, -0.1) is 0 Å². The summed E-state index contributed by atoms with van der Waals surface area (Å²) in [6.45, 7) is 6.97. The van der Waals surface area contributed by atoms with Crippen LogP contribution in [0, 0.1) is 11.8 Å². The molecular weight excluding hydrogens is 320 g/mol. The molecule has 3 unspecified atom stereocenters. The average molecular weight is 352 g/mol. The lowest BCUT2D eigenvalue weighted by Crippen LogP contribution is -2.45. The summed E-state index contributed by atoms with van der Waals surface area (Å²) in [5.41, 5.74) is 0.